The summed E-state index contributed by atoms with van der Waals surface area (Å²) in [6.45, 7) is 7.52. The van der Waals surface area contributed by atoms with E-state index in [0.29, 0.717) is 57.6 Å². The number of hydrogen-bond acceptors (Lipinski definition) is 6. The van der Waals surface area contributed by atoms with E-state index >= 15 is 0 Å². The lowest BCUT2D eigenvalue weighted by molar-refractivity contribution is -0.136. The average molecular weight is 347 g/mol. The van der Waals surface area contributed by atoms with E-state index in [9.17, 15) is 9.59 Å². The van der Waals surface area contributed by atoms with Crippen molar-refractivity contribution in [2.75, 3.05) is 51.3 Å². The summed E-state index contributed by atoms with van der Waals surface area (Å²) in [4.78, 5) is 38.8. The summed E-state index contributed by atoms with van der Waals surface area (Å²) in [6, 6.07) is 1.82. The van der Waals surface area contributed by atoms with Crippen molar-refractivity contribution >= 4 is 17.8 Å². The van der Waals surface area contributed by atoms with E-state index in [-0.39, 0.29) is 17.7 Å². The number of anilines is 1. The Morgan fingerprint density at radius 1 is 1.28 bits per heavy atom. The minimum atomic E-state index is -0.205. The highest BCUT2D eigenvalue weighted by Gasteiger charge is 2.35. The monoisotopic (exact) mass is 347 g/mol. The van der Waals surface area contributed by atoms with E-state index in [4.69, 9.17) is 4.74 Å². The SMILES string of the molecule is CCOc1cc(C)nc(N2CCN(C(=O)[C@@H]3CC(=O)N(C)C3)CC2)n1. The maximum atomic E-state index is 12.6. The molecule has 1 aromatic rings. The van der Waals surface area contributed by atoms with E-state index in [1.54, 1.807) is 11.9 Å². The highest BCUT2D eigenvalue weighted by molar-refractivity contribution is 5.89. The summed E-state index contributed by atoms with van der Waals surface area (Å²) < 4.78 is 5.49. The molecule has 1 atom stereocenters. The van der Waals surface area contributed by atoms with Gasteiger partial charge in [-0.1, -0.05) is 0 Å². The molecule has 0 N–H and O–H groups in total. The summed E-state index contributed by atoms with van der Waals surface area (Å²) in [5.41, 5.74) is 0.861. The van der Waals surface area contributed by atoms with E-state index in [0.717, 1.165) is 5.69 Å². The number of rotatable bonds is 4. The van der Waals surface area contributed by atoms with Gasteiger partial charge in [0.1, 0.15) is 0 Å². The second kappa shape index (κ2) is 7.25. The van der Waals surface area contributed by atoms with Crippen LogP contribution in [0.15, 0.2) is 6.07 Å². The number of aromatic nitrogens is 2. The first-order chi connectivity index (χ1) is 12.0. The summed E-state index contributed by atoms with van der Waals surface area (Å²) >= 11 is 0. The van der Waals surface area contributed by atoms with Crippen LogP contribution in [0.1, 0.15) is 19.0 Å². The van der Waals surface area contributed by atoms with Crippen LogP contribution in [0.3, 0.4) is 0 Å². The zero-order valence-corrected chi connectivity index (χ0v) is 15.1. The molecule has 2 aliphatic heterocycles. The van der Waals surface area contributed by atoms with Crippen molar-refractivity contribution in [2.45, 2.75) is 20.3 Å². The van der Waals surface area contributed by atoms with Gasteiger partial charge < -0.3 is 19.4 Å². The first-order valence-electron chi connectivity index (χ1n) is 8.74. The van der Waals surface area contributed by atoms with E-state index < -0.39 is 0 Å². The number of ether oxygens (including phenoxy) is 1. The predicted octanol–water partition coefficient (Wildman–Crippen LogP) is 0.311. The Morgan fingerprint density at radius 3 is 2.60 bits per heavy atom. The Kier molecular flexibility index (Phi) is 5.06. The fraction of sp³-hybridized carbons (Fsp3) is 0.647. The standard InChI is InChI=1S/C17H25N5O3/c1-4-25-14-9-12(2)18-17(19-14)22-7-5-21(6-8-22)16(24)13-10-15(23)20(3)11-13/h9,13H,4-8,10-11H2,1-3H3/t13-/m1/s1. The molecule has 8 nitrogen and oxygen atoms in total. The molecule has 2 fully saturated rings. The minimum absolute atomic E-state index is 0.0496. The van der Waals surface area contributed by atoms with E-state index in [1.807, 2.05) is 24.8 Å². The van der Waals surface area contributed by atoms with Gasteiger partial charge in [0, 0.05) is 58.0 Å². The van der Waals surface area contributed by atoms with Gasteiger partial charge >= 0.3 is 0 Å². The van der Waals surface area contributed by atoms with Crippen molar-refractivity contribution in [3.05, 3.63) is 11.8 Å². The molecule has 0 spiro atoms. The first kappa shape index (κ1) is 17.4. The predicted molar refractivity (Wildman–Crippen MR) is 92.5 cm³/mol. The molecule has 0 aromatic carbocycles. The number of carbonyl (C=O) groups excluding carboxylic acids is 2. The normalized spacial score (nSPS) is 21.0. The van der Waals surface area contributed by atoms with Gasteiger partial charge in [-0.05, 0) is 13.8 Å². The zero-order chi connectivity index (χ0) is 18.0. The van der Waals surface area contributed by atoms with Gasteiger partial charge in [-0.3, -0.25) is 9.59 Å². The van der Waals surface area contributed by atoms with Crippen molar-refractivity contribution in [2.24, 2.45) is 5.92 Å². The Labute approximate surface area is 147 Å². The maximum Gasteiger partial charge on any atom is 0.228 e. The molecule has 2 saturated heterocycles. The Balaban J connectivity index is 1.60. The van der Waals surface area contributed by atoms with Crippen LogP contribution in [0, 0.1) is 12.8 Å². The van der Waals surface area contributed by atoms with E-state index in [2.05, 4.69) is 14.9 Å². The van der Waals surface area contributed by atoms with Crippen molar-refractivity contribution in [3.63, 3.8) is 0 Å². The molecule has 2 amide bonds. The summed E-state index contributed by atoms with van der Waals surface area (Å²) in [5, 5.41) is 0. The fourth-order valence-corrected chi connectivity index (χ4v) is 3.30. The van der Waals surface area contributed by atoms with Crippen LogP contribution >= 0.6 is 0 Å². The summed E-state index contributed by atoms with van der Waals surface area (Å²) in [6.07, 6.45) is 0.328. The Morgan fingerprint density at radius 2 is 2.00 bits per heavy atom. The Bertz CT molecular complexity index is 658. The number of hydrogen-bond donors (Lipinski definition) is 0. The second-order valence-electron chi connectivity index (χ2n) is 6.57. The molecule has 2 aliphatic rings. The lowest BCUT2D eigenvalue weighted by atomic mass is 10.1. The number of likely N-dealkylation sites (tertiary alicyclic amines) is 1. The lowest BCUT2D eigenvalue weighted by Gasteiger charge is -2.36. The number of nitrogens with zero attached hydrogens (tertiary/aromatic N) is 5. The average Bonchev–Trinajstić information content (AvgIpc) is 2.93. The summed E-state index contributed by atoms with van der Waals surface area (Å²) in [5.74, 6) is 1.15. The molecule has 0 bridgehead atoms. The smallest absolute Gasteiger partial charge is 0.228 e. The van der Waals surface area contributed by atoms with Crippen molar-refractivity contribution in [1.29, 1.82) is 0 Å². The number of carbonyl (C=O) groups is 2. The third-order valence-corrected chi connectivity index (χ3v) is 4.68. The van der Waals surface area contributed by atoms with Gasteiger partial charge in [-0.25, -0.2) is 4.98 Å². The molecule has 136 valence electrons. The van der Waals surface area contributed by atoms with Crippen LogP contribution in [-0.2, 0) is 9.59 Å². The molecule has 3 heterocycles. The molecule has 1 aromatic heterocycles. The fourth-order valence-electron chi connectivity index (χ4n) is 3.30. The maximum absolute atomic E-state index is 12.6. The second-order valence-corrected chi connectivity index (χ2v) is 6.57. The van der Waals surface area contributed by atoms with Gasteiger partial charge in [0.15, 0.2) is 0 Å². The van der Waals surface area contributed by atoms with Gasteiger partial charge in [-0.2, -0.15) is 4.98 Å². The molecule has 0 radical (unpaired) electrons. The highest BCUT2D eigenvalue weighted by atomic mass is 16.5. The van der Waals surface area contributed by atoms with Crippen molar-refractivity contribution < 1.29 is 14.3 Å². The van der Waals surface area contributed by atoms with Gasteiger partial charge in [0.05, 0.1) is 12.5 Å². The van der Waals surface area contributed by atoms with Gasteiger partial charge in [0.25, 0.3) is 0 Å². The number of amides is 2. The van der Waals surface area contributed by atoms with Crippen molar-refractivity contribution in [1.82, 2.24) is 19.8 Å². The molecular weight excluding hydrogens is 322 g/mol. The van der Waals surface area contributed by atoms with Gasteiger partial charge in [0.2, 0.25) is 23.6 Å². The topological polar surface area (TPSA) is 78.9 Å². The number of aryl methyl sites for hydroxylation is 1. The number of piperazine rings is 1. The quantitative estimate of drug-likeness (QED) is 0.780. The lowest BCUT2D eigenvalue weighted by Crippen LogP contribution is -2.51. The minimum Gasteiger partial charge on any atom is -0.478 e. The molecular formula is C17H25N5O3. The Hall–Kier alpha value is -2.38. The largest absolute Gasteiger partial charge is 0.478 e. The van der Waals surface area contributed by atoms with Crippen LogP contribution in [-0.4, -0.2) is 78.0 Å². The molecule has 0 aliphatic carbocycles. The van der Waals surface area contributed by atoms with Crippen LogP contribution in [0.25, 0.3) is 0 Å². The highest BCUT2D eigenvalue weighted by Crippen LogP contribution is 2.21. The molecule has 0 saturated carbocycles. The third-order valence-electron chi connectivity index (χ3n) is 4.68. The van der Waals surface area contributed by atoms with Crippen LogP contribution in [0.4, 0.5) is 5.95 Å². The van der Waals surface area contributed by atoms with Crippen LogP contribution in [0.2, 0.25) is 0 Å². The third kappa shape index (κ3) is 3.83. The summed E-state index contributed by atoms with van der Waals surface area (Å²) in [7, 11) is 1.75. The molecule has 25 heavy (non-hydrogen) atoms. The van der Waals surface area contributed by atoms with Crippen molar-refractivity contribution in [3.8, 4) is 5.88 Å². The molecule has 8 heteroatoms. The van der Waals surface area contributed by atoms with Gasteiger partial charge in [-0.15, -0.1) is 0 Å². The van der Waals surface area contributed by atoms with Crippen LogP contribution in [0.5, 0.6) is 5.88 Å². The molecule has 0 unspecified atom stereocenters. The van der Waals surface area contributed by atoms with E-state index in [1.165, 1.54) is 0 Å². The first-order valence-corrected chi connectivity index (χ1v) is 8.74. The zero-order valence-electron chi connectivity index (χ0n) is 15.1. The molecule has 3 rings (SSSR count). The van der Waals surface area contributed by atoms with Crippen LogP contribution < -0.4 is 9.64 Å².